The third-order valence-electron chi connectivity index (χ3n) is 8.62. The minimum atomic E-state index is 0.216. The van der Waals surface area contributed by atoms with Crippen LogP contribution < -0.4 is 0 Å². The molecule has 7 unspecified atom stereocenters. The number of hydrogen-bond acceptors (Lipinski definition) is 3. The molecule has 1 aromatic rings. The molecule has 0 spiro atoms. The maximum Gasteiger partial charge on any atom is 0.194 e. The smallest absolute Gasteiger partial charge is 0.194 e. The molecule has 0 amide bonds. The van der Waals surface area contributed by atoms with Gasteiger partial charge in [-0.1, -0.05) is 53.9 Å². The molecule has 3 fully saturated rings. The molecule has 158 valence electrons. The first kappa shape index (κ1) is 22.0. The summed E-state index contributed by atoms with van der Waals surface area (Å²) in [4.78, 5) is 17.5. The maximum atomic E-state index is 13.1. The van der Waals surface area contributed by atoms with E-state index in [2.05, 4.69) is 25.8 Å². The molecule has 0 aromatic carbocycles. The van der Waals surface area contributed by atoms with E-state index in [4.69, 9.17) is 0 Å². The Morgan fingerprint density at radius 3 is 2.57 bits per heavy atom. The Hall–Kier alpha value is -0.700. The van der Waals surface area contributed by atoms with Crippen LogP contribution in [0.25, 0.3) is 0 Å². The van der Waals surface area contributed by atoms with Crippen molar-refractivity contribution in [1.29, 1.82) is 0 Å². The first-order valence-corrected chi connectivity index (χ1v) is 12.9. The lowest BCUT2D eigenvalue weighted by Crippen LogP contribution is -2.48. The predicted octanol–water partition coefficient (Wildman–Crippen LogP) is 7.65. The van der Waals surface area contributed by atoms with E-state index in [1.807, 2.05) is 19.2 Å². The number of rotatable bonds is 5. The Morgan fingerprint density at radius 1 is 1.14 bits per heavy atom. The Labute approximate surface area is 176 Å². The molecule has 0 bridgehead atoms. The van der Waals surface area contributed by atoms with E-state index in [1.165, 1.54) is 62.7 Å². The van der Waals surface area contributed by atoms with Crippen LogP contribution in [0.1, 0.15) is 102 Å². The summed E-state index contributed by atoms with van der Waals surface area (Å²) in [5.74, 6) is 5.04. The fourth-order valence-corrected chi connectivity index (χ4v) is 8.08. The van der Waals surface area contributed by atoms with Crippen LogP contribution in [0.5, 0.6) is 0 Å². The molecule has 4 rings (SSSR count). The Kier molecular flexibility index (Phi) is 7.39. The van der Waals surface area contributed by atoms with Crippen LogP contribution in [0, 0.1) is 40.9 Å². The highest BCUT2D eigenvalue weighted by atomic mass is 32.1. The number of nitrogens with zero attached hydrogens (tertiary/aromatic N) is 1. The second-order valence-electron chi connectivity index (χ2n) is 9.51. The zero-order chi connectivity index (χ0) is 20.3. The van der Waals surface area contributed by atoms with E-state index in [0.29, 0.717) is 5.78 Å². The fourth-order valence-electron chi connectivity index (χ4n) is 7.45. The molecule has 7 atom stereocenters. The third kappa shape index (κ3) is 3.73. The summed E-state index contributed by atoms with van der Waals surface area (Å²) in [5.41, 5.74) is 0.222. The van der Waals surface area contributed by atoms with Gasteiger partial charge < -0.3 is 0 Å². The van der Waals surface area contributed by atoms with Crippen LogP contribution in [0.15, 0.2) is 11.6 Å². The van der Waals surface area contributed by atoms with Crippen molar-refractivity contribution in [3.63, 3.8) is 0 Å². The fraction of sp³-hybridized carbons (Fsp3) is 0.840. The molecular formula is C25H41NOS. The van der Waals surface area contributed by atoms with Crippen molar-refractivity contribution in [2.75, 3.05) is 0 Å². The van der Waals surface area contributed by atoms with Crippen LogP contribution >= 0.6 is 11.3 Å². The lowest BCUT2D eigenvalue weighted by Gasteiger charge is -2.54. The molecular weight excluding hydrogens is 362 g/mol. The largest absolute Gasteiger partial charge is 0.291 e. The first-order valence-electron chi connectivity index (χ1n) is 12.0. The molecule has 2 nitrogen and oxygen atoms in total. The van der Waals surface area contributed by atoms with Crippen molar-refractivity contribution < 1.29 is 4.79 Å². The average Bonchev–Trinajstić information content (AvgIpc) is 3.37. The third-order valence-corrected chi connectivity index (χ3v) is 9.41. The van der Waals surface area contributed by atoms with Gasteiger partial charge in [-0.15, -0.1) is 11.3 Å². The van der Waals surface area contributed by atoms with Crippen LogP contribution in [0.2, 0.25) is 0 Å². The minimum absolute atomic E-state index is 0.216. The number of ketones is 1. The average molecular weight is 404 g/mol. The maximum absolute atomic E-state index is 13.1. The summed E-state index contributed by atoms with van der Waals surface area (Å²) < 4.78 is 0. The van der Waals surface area contributed by atoms with E-state index in [1.54, 1.807) is 6.20 Å². The predicted molar refractivity (Wildman–Crippen MR) is 120 cm³/mol. The number of fused-ring (bicyclic) bond motifs is 3. The van der Waals surface area contributed by atoms with Gasteiger partial charge in [-0.25, -0.2) is 4.98 Å². The molecule has 3 aliphatic rings. The topological polar surface area (TPSA) is 30.0 Å². The van der Waals surface area contributed by atoms with Gasteiger partial charge in [0.1, 0.15) is 0 Å². The molecule has 3 aliphatic carbocycles. The second-order valence-corrected chi connectivity index (χ2v) is 10.4. The normalized spacial score (nSPS) is 39.5. The van der Waals surface area contributed by atoms with Gasteiger partial charge >= 0.3 is 0 Å². The standard InChI is InChI=1S/C23H35NOS.C2H6/c1-4-6-16-15(5-2)7-8-18-17(16)11-12-23(3)19(18)9-10-20(23)21(25)22-24-13-14-26-22;1-2/h13-20H,4-12H2,1-3H3;1-2H3. The highest BCUT2D eigenvalue weighted by molar-refractivity contribution is 7.11. The van der Waals surface area contributed by atoms with Crippen molar-refractivity contribution in [3.05, 3.63) is 16.6 Å². The SMILES string of the molecule is CC.CCCC1C(CC)CCC2C1CCC1(C)C(C(=O)c3nccs3)CCC21. The second kappa shape index (κ2) is 9.41. The van der Waals surface area contributed by atoms with Crippen LogP contribution in [-0.2, 0) is 0 Å². The van der Waals surface area contributed by atoms with Crippen molar-refractivity contribution in [2.24, 2.45) is 40.9 Å². The summed E-state index contributed by atoms with van der Waals surface area (Å²) in [5, 5.41) is 2.69. The zero-order valence-electron chi connectivity index (χ0n) is 18.7. The van der Waals surface area contributed by atoms with Crippen molar-refractivity contribution >= 4 is 17.1 Å². The van der Waals surface area contributed by atoms with Crippen LogP contribution in [0.4, 0.5) is 0 Å². The summed E-state index contributed by atoms with van der Waals surface area (Å²) in [6.45, 7) is 11.2. The molecule has 1 heterocycles. The molecule has 0 aliphatic heterocycles. The highest BCUT2D eigenvalue weighted by Gasteiger charge is 2.58. The monoisotopic (exact) mass is 403 g/mol. The number of hydrogen-bond donors (Lipinski definition) is 0. The number of thiazole rings is 1. The lowest BCUT2D eigenvalue weighted by atomic mass is 9.50. The van der Waals surface area contributed by atoms with Gasteiger partial charge in [0.15, 0.2) is 10.8 Å². The van der Waals surface area contributed by atoms with E-state index in [0.717, 1.165) is 41.0 Å². The summed E-state index contributed by atoms with van der Waals surface area (Å²) in [7, 11) is 0. The highest BCUT2D eigenvalue weighted by Crippen LogP contribution is 2.64. The van der Waals surface area contributed by atoms with Gasteiger partial charge in [0.2, 0.25) is 0 Å². The van der Waals surface area contributed by atoms with Crippen LogP contribution in [-0.4, -0.2) is 10.8 Å². The molecule has 0 N–H and O–H groups in total. The van der Waals surface area contributed by atoms with Gasteiger partial charge in [-0.3, -0.25) is 4.79 Å². The van der Waals surface area contributed by atoms with E-state index < -0.39 is 0 Å². The lowest BCUT2D eigenvalue weighted by molar-refractivity contribution is -0.0506. The minimum Gasteiger partial charge on any atom is -0.291 e. The number of carbonyl (C=O) groups excluding carboxylic acids is 1. The molecule has 3 saturated carbocycles. The number of carbonyl (C=O) groups is 1. The molecule has 0 saturated heterocycles. The molecule has 1 aromatic heterocycles. The van der Waals surface area contributed by atoms with E-state index in [-0.39, 0.29) is 11.3 Å². The first-order chi connectivity index (χ1) is 13.6. The molecule has 28 heavy (non-hydrogen) atoms. The van der Waals surface area contributed by atoms with Gasteiger partial charge in [-0.05, 0) is 73.5 Å². The summed E-state index contributed by atoms with van der Waals surface area (Å²) in [6.07, 6.45) is 13.7. The van der Waals surface area contributed by atoms with Crippen LogP contribution in [0.3, 0.4) is 0 Å². The van der Waals surface area contributed by atoms with E-state index >= 15 is 0 Å². The molecule has 3 heteroatoms. The quantitative estimate of drug-likeness (QED) is 0.473. The van der Waals surface area contributed by atoms with Crippen molar-refractivity contribution in [1.82, 2.24) is 4.98 Å². The van der Waals surface area contributed by atoms with E-state index in [9.17, 15) is 4.79 Å². The Balaban J connectivity index is 0.00000109. The van der Waals surface area contributed by atoms with Gasteiger partial charge in [-0.2, -0.15) is 0 Å². The number of aromatic nitrogens is 1. The van der Waals surface area contributed by atoms with Gasteiger partial charge in [0, 0.05) is 17.5 Å². The number of Topliss-reactive ketones (excluding diaryl/α,β-unsaturated/α-hetero) is 1. The Morgan fingerprint density at radius 2 is 1.93 bits per heavy atom. The van der Waals surface area contributed by atoms with Crippen molar-refractivity contribution in [3.8, 4) is 0 Å². The van der Waals surface area contributed by atoms with Gasteiger partial charge in [0.05, 0.1) is 0 Å². The van der Waals surface area contributed by atoms with Gasteiger partial charge in [0.25, 0.3) is 0 Å². The summed E-state index contributed by atoms with van der Waals surface area (Å²) in [6, 6.07) is 0. The Bertz CT molecular complexity index is 627. The summed E-state index contributed by atoms with van der Waals surface area (Å²) >= 11 is 1.53. The van der Waals surface area contributed by atoms with Crippen molar-refractivity contribution in [2.45, 2.75) is 92.4 Å². The zero-order valence-corrected chi connectivity index (χ0v) is 19.6. The molecule has 0 radical (unpaired) electrons.